The number of aryl methyl sites for hydroxylation is 2. The molecule has 0 aliphatic heterocycles. The van der Waals surface area contributed by atoms with Crippen LogP contribution in [0.15, 0.2) is 12.3 Å². The number of nitrogens with zero attached hydrogens (tertiary/aromatic N) is 1. The number of aromatic nitrogens is 1. The standard InChI is InChI=1S/C14H24N2/c1-3-5-7-12-9-13(8-6-4-2)14(10-15)16-11-12/h9,11H,3-8,10,15H2,1-2H3. The SMILES string of the molecule is CCCCc1cnc(CN)c(CCCC)c1. The van der Waals surface area contributed by atoms with Gasteiger partial charge in [0.05, 0.1) is 5.69 Å². The Morgan fingerprint density at radius 2 is 1.81 bits per heavy atom. The van der Waals surface area contributed by atoms with E-state index in [0.29, 0.717) is 6.54 Å². The zero-order valence-electron chi connectivity index (χ0n) is 10.6. The maximum Gasteiger partial charge on any atom is 0.0571 e. The lowest BCUT2D eigenvalue weighted by atomic mass is 10.0. The molecule has 0 atom stereocenters. The van der Waals surface area contributed by atoms with Gasteiger partial charge in [-0.25, -0.2) is 0 Å². The molecule has 0 aliphatic rings. The van der Waals surface area contributed by atoms with Crippen LogP contribution in [-0.4, -0.2) is 4.98 Å². The molecule has 90 valence electrons. The Morgan fingerprint density at radius 3 is 2.44 bits per heavy atom. The first kappa shape index (κ1) is 13.2. The lowest BCUT2D eigenvalue weighted by molar-refractivity contribution is 0.761. The van der Waals surface area contributed by atoms with Gasteiger partial charge in [0, 0.05) is 12.7 Å². The van der Waals surface area contributed by atoms with Crippen molar-refractivity contribution in [1.82, 2.24) is 4.98 Å². The second-order valence-corrected chi connectivity index (χ2v) is 4.36. The molecule has 0 saturated carbocycles. The predicted octanol–water partition coefficient (Wildman–Crippen LogP) is 3.23. The number of rotatable bonds is 7. The number of nitrogens with two attached hydrogens (primary N) is 1. The van der Waals surface area contributed by atoms with Crippen LogP contribution in [0.25, 0.3) is 0 Å². The number of hydrogen-bond donors (Lipinski definition) is 1. The van der Waals surface area contributed by atoms with E-state index in [4.69, 9.17) is 5.73 Å². The van der Waals surface area contributed by atoms with E-state index in [1.54, 1.807) is 0 Å². The molecule has 2 heteroatoms. The molecule has 1 aromatic heterocycles. The largest absolute Gasteiger partial charge is 0.325 e. The van der Waals surface area contributed by atoms with E-state index in [9.17, 15) is 0 Å². The van der Waals surface area contributed by atoms with E-state index >= 15 is 0 Å². The van der Waals surface area contributed by atoms with E-state index in [1.165, 1.54) is 36.8 Å². The van der Waals surface area contributed by atoms with Crippen LogP contribution in [-0.2, 0) is 19.4 Å². The van der Waals surface area contributed by atoms with E-state index in [-0.39, 0.29) is 0 Å². The van der Waals surface area contributed by atoms with Gasteiger partial charge in [-0.1, -0.05) is 32.8 Å². The highest BCUT2D eigenvalue weighted by Gasteiger charge is 2.04. The van der Waals surface area contributed by atoms with Crippen LogP contribution in [0.2, 0.25) is 0 Å². The minimum atomic E-state index is 0.563. The monoisotopic (exact) mass is 220 g/mol. The predicted molar refractivity (Wildman–Crippen MR) is 69.4 cm³/mol. The van der Waals surface area contributed by atoms with Crippen molar-refractivity contribution in [2.45, 2.75) is 58.9 Å². The highest BCUT2D eigenvalue weighted by atomic mass is 14.7. The summed E-state index contributed by atoms with van der Waals surface area (Å²) in [6.07, 6.45) is 9.20. The maximum atomic E-state index is 5.71. The summed E-state index contributed by atoms with van der Waals surface area (Å²) < 4.78 is 0. The van der Waals surface area contributed by atoms with E-state index < -0.39 is 0 Å². The zero-order valence-corrected chi connectivity index (χ0v) is 10.6. The summed E-state index contributed by atoms with van der Waals surface area (Å²) in [5, 5.41) is 0. The first-order valence-corrected chi connectivity index (χ1v) is 6.48. The third kappa shape index (κ3) is 3.93. The minimum Gasteiger partial charge on any atom is -0.325 e. The fourth-order valence-corrected chi connectivity index (χ4v) is 1.87. The fraction of sp³-hybridized carbons (Fsp3) is 0.643. The molecule has 0 spiro atoms. The average molecular weight is 220 g/mol. The van der Waals surface area contributed by atoms with Gasteiger partial charge < -0.3 is 5.73 Å². The quantitative estimate of drug-likeness (QED) is 0.766. The van der Waals surface area contributed by atoms with Gasteiger partial charge in [-0.15, -0.1) is 0 Å². The molecular formula is C14H24N2. The van der Waals surface area contributed by atoms with E-state index in [1.807, 2.05) is 6.20 Å². The van der Waals surface area contributed by atoms with Gasteiger partial charge in [0.2, 0.25) is 0 Å². The summed E-state index contributed by atoms with van der Waals surface area (Å²) in [6.45, 7) is 5.00. The van der Waals surface area contributed by atoms with Crippen LogP contribution in [0.3, 0.4) is 0 Å². The second-order valence-electron chi connectivity index (χ2n) is 4.36. The Labute approximate surface area is 99.3 Å². The summed E-state index contributed by atoms with van der Waals surface area (Å²) in [5.41, 5.74) is 9.51. The summed E-state index contributed by atoms with van der Waals surface area (Å²) in [7, 11) is 0. The highest BCUT2D eigenvalue weighted by molar-refractivity contribution is 5.25. The Balaban J connectivity index is 2.74. The lowest BCUT2D eigenvalue weighted by Crippen LogP contribution is -2.06. The first-order chi connectivity index (χ1) is 7.81. The van der Waals surface area contributed by atoms with E-state index in [2.05, 4.69) is 24.9 Å². The van der Waals surface area contributed by atoms with Crippen LogP contribution in [0.5, 0.6) is 0 Å². The van der Waals surface area contributed by atoms with Gasteiger partial charge in [-0.3, -0.25) is 4.98 Å². The molecule has 0 bridgehead atoms. The molecule has 16 heavy (non-hydrogen) atoms. The number of pyridine rings is 1. The molecule has 2 N–H and O–H groups in total. The molecule has 0 saturated heterocycles. The third-order valence-corrected chi connectivity index (χ3v) is 2.93. The molecule has 1 rings (SSSR count). The second kappa shape index (κ2) is 7.39. The van der Waals surface area contributed by atoms with Crippen LogP contribution in [0.1, 0.15) is 56.4 Å². The van der Waals surface area contributed by atoms with Crippen molar-refractivity contribution in [2.24, 2.45) is 5.73 Å². The van der Waals surface area contributed by atoms with Crippen molar-refractivity contribution in [1.29, 1.82) is 0 Å². The molecule has 0 aromatic carbocycles. The summed E-state index contributed by atoms with van der Waals surface area (Å²) in [6, 6.07) is 2.31. The minimum absolute atomic E-state index is 0.563. The zero-order chi connectivity index (χ0) is 11.8. The lowest BCUT2D eigenvalue weighted by Gasteiger charge is -2.09. The van der Waals surface area contributed by atoms with Gasteiger partial charge in [-0.2, -0.15) is 0 Å². The highest BCUT2D eigenvalue weighted by Crippen LogP contribution is 2.13. The van der Waals surface area contributed by atoms with Crippen molar-refractivity contribution in [3.63, 3.8) is 0 Å². The third-order valence-electron chi connectivity index (χ3n) is 2.93. The van der Waals surface area contributed by atoms with Crippen LogP contribution in [0, 0.1) is 0 Å². The molecule has 0 unspecified atom stereocenters. The Morgan fingerprint density at radius 1 is 1.12 bits per heavy atom. The average Bonchev–Trinajstić information content (AvgIpc) is 2.33. The number of hydrogen-bond acceptors (Lipinski definition) is 2. The molecule has 1 aromatic rings. The van der Waals surface area contributed by atoms with Gasteiger partial charge in [0.15, 0.2) is 0 Å². The molecule has 0 amide bonds. The molecule has 0 aliphatic carbocycles. The van der Waals surface area contributed by atoms with Gasteiger partial charge >= 0.3 is 0 Å². The van der Waals surface area contributed by atoms with E-state index in [0.717, 1.165) is 18.5 Å². The molecule has 2 nitrogen and oxygen atoms in total. The van der Waals surface area contributed by atoms with Crippen LogP contribution < -0.4 is 5.73 Å². The van der Waals surface area contributed by atoms with Gasteiger partial charge in [-0.05, 0) is 36.8 Å². The van der Waals surface area contributed by atoms with Gasteiger partial charge in [0.1, 0.15) is 0 Å². The van der Waals surface area contributed by atoms with Crippen molar-refractivity contribution in [3.8, 4) is 0 Å². The van der Waals surface area contributed by atoms with Crippen molar-refractivity contribution >= 4 is 0 Å². The summed E-state index contributed by atoms with van der Waals surface area (Å²) in [4.78, 5) is 4.48. The molecule has 0 radical (unpaired) electrons. The van der Waals surface area contributed by atoms with Crippen LogP contribution in [0.4, 0.5) is 0 Å². The molecule has 1 heterocycles. The van der Waals surface area contributed by atoms with Crippen molar-refractivity contribution in [3.05, 3.63) is 29.1 Å². The summed E-state index contributed by atoms with van der Waals surface area (Å²) in [5.74, 6) is 0. The van der Waals surface area contributed by atoms with Gasteiger partial charge in [0.25, 0.3) is 0 Å². The molecule has 0 fully saturated rings. The molecular weight excluding hydrogens is 196 g/mol. The number of unbranched alkanes of at least 4 members (excludes halogenated alkanes) is 2. The Hall–Kier alpha value is -0.890. The normalized spacial score (nSPS) is 10.7. The summed E-state index contributed by atoms with van der Waals surface area (Å²) >= 11 is 0. The Kier molecular flexibility index (Phi) is 6.09. The topological polar surface area (TPSA) is 38.9 Å². The van der Waals surface area contributed by atoms with Crippen molar-refractivity contribution < 1.29 is 0 Å². The maximum absolute atomic E-state index is 5.71. The fourth-order valence-electron chi connectivity index (χ4n) is 1.87. The Bertz CT molecular complexity index is 308. The first-order valence-electron chi connectivity index (χ1n) is 6.48. The van der Waals surface area contributed by atoms with Crippen LogP contribution >= 0.6 is 0 Å². The smallest absolute Gasteiger partial charge is 0.0571 e. The van der Waals surface area contributed by atoms with Crippen molar-refractivity contribution in [2.75, 3.05) is 0 Å².